The summed E-state index contributed by atoms with van der Waals surface area (Å²) in [6, 6.07) is 5.85. The number of sulfonamides is 1. The van der Waals surface area contributed by atoms with E-state index in [-0.39, 0.29) is 4.90 Å². The number of nitrogens with zero attached hydrogens (tertiary/aromatic N) is 1. The Hall–Kier alpha value is -0.620. The van der Waals surface area contributed by atoms with Gasteiger partial charge in [0.25, 0.3) is 0 Å². The minimum atomic E-state index is -3.52. The van der Waals surface area contributed by atoms with Crippen LogP contribution in [0, 0.1) is 0 Å². The van der Waals surface area contributed by atoms with Crippen molar-refractivity contribution in [3.63, 3.8) is 0 Å². The van der Waals surface area contributed by atoms with Crippen molar-refractivity contribution < 1.29 is 8.42 Å². The molecule has 4 nitrogen and oxygen atoms in total. The second-order valence-corrected chi connectivity index (χ2v) is 7.73. The third kappa shape index (κ3) is 4.19. The van der Waals surface area contributed by atoms with Gasteiger partial charge in [-0.1, -0.05) is 31.5 Å². The Morgan fingerprint density at radius 2 is 2.05 bits per heavy atom. The van der Waals surface area contributed by atoms with Gasteiger partial charge in [-0.25, -0.2) is 8.42 Å². The van der Waals surface area contributed by atoms with E-state index >= 15 is 0 Å². The Morgan fingerprint density at radius 3 is 2.62 bits per heavy atom. The molecule has 1 saturated carbocycles. The number of nitrogens with one attached hydrogen (secondary N) is 1. The molecular formula is C15H23ClN2O2S. The number of rotatable bonds is 8. The lowest BCUT2D eigenvalue weighted by Crippen LogP contribution is -2.32. The number of hydrogen-bond acceptors (Lipinski definition) is 3. The van der Waals surface area contributed by atoms with Gasteiger partial charge in [-0.3, -0.25) is 0 Å². The summed E-state index contributed by atoms with van der Waals surface area (Å²) in [6.45, 7) is 5.47. The van der Waals surface area contributed by atoms with Crippen molar-refractivity contribution >= 4 is 21.6 Å². The van der Waals surface area contributed by atoms with E-state index in [2.05, 4.69) is 5.32 Å². The SMILES string of the molecule is CCCN(CC)S(=O)(=O)c1cc(CNC2CC2)ccc1Cl. The largest absolute Gasteiger partial charge is 0.310 e. The molecule has 0 spiro atoms. The molecule has 6 heteroatoms. The summed E-state index contributed by atoms with van der Waals surface area (Å²) in [5, 5.41) is 3.68. The van der Waals surface area contributed by atoms with Gasteiger partial charge in [0.15, 0.2) is 0 Å². The topological polar surface area (TPSA) is 49.4 Å². The molecule has 0 saturated heterocycles. The monoisotopic (exact) mass is 330 g/mol. The first-order valence-corrected chi connectivity index (χ1v) is 9.32. The first kappa shape index (κ1) is 16.7. The minimum absolute atomic E-state index is 0.217. The molecule has 118 valence electrons. The lowest BCUT2D eigenvalue weighted by Gasteiger charge is -2.21. The molecule has 0 unspecified atom stereocenters. The summed E-state index contributed by atoms with van der Waals surface area (Å²) in [5.74, 6) is 0. The lowest BCUT2D eigenvalue weighted by atomic mass is 10.2. The highest BCUT2D eigenvalue weighted by Gasteiger charge is 2.25. The highest BCUT2D eigenvalue weighted by atomic mass is 35.5. The molecule has 1 aliphatic carbocycles. The van der Waals surface area contributed by atoms with E-state index < -0.39 is 10.0 Å². The van der Waals surface area contributed by atoms with Crippen LogP contribution in [0.3, 0.4) is 0 Å². The fraction of sp³-hybridized carbons (Fsp3) is 0.600. The Bertz CT molecular complexity index is 585. The molecule has 0 aliphatic heterocycles. The van der Waals surface area contributed by atoms with Crippen molar-refractivity contribution in [3.8, 4) is 0 Å². The standard InChI is InChI=1S/C15H23ClN2O2S/c1-3-9-18(4-2)21(19,20)15-10-12(5-8-14(15)16)11-17-13-6-7-13/h5,8,10,13,17H,3-4,6-7,9,11H2,1-2H3. The zero-order valence-electron chi connectivity index (χ0n) is 12.6. The van der Waals surface area contributed by atoms with Crippen molar-refractivity contribution in [2.45, 2.75) is 50.6 Å². The molecule has 0 aromatic heterocycles. The van der Waals surface area contributed by atoms with Crippen LogP contribution in [0.2, 0.25) is 5.02 Å². The maximum absolute atomic E-state index is 12.7. The van der Waals surface area contributed by atoms with Gasteiger partial charge in [0.05, 0.1) is 5.02 Å². The molecule has 1 aliphatic rings. The zero-order valence-corrected chi connectivity index (χ0v) is 14.2. The Balaban J connectivity index is 2.24. The van der Waals surface area contributed by atoms with Gasteiger partial charge >= 0.3 is 0 Å². The summed E-state index contributed by atoms with van der Waals surface area (Å²) >= 11 is 6.13. The van der Waals surface area contributed by atoms with Crippen molar-refractivity contribution in [3.05, 3.63) is 28.8 Å². The molecule has 0 heterocycles. The predicted molar refractivity (Wildman–Crippen MR) is 86.0 cm³/mol. The van der Waals surface area contributed by atoms with Crippen LogP contribution in [0.4, 0.5) is 0 Å². The molecule has 2 rings (SSSR count). The van der Waals surface area contributed by atoms with Gasteiger partial charge in [0, 0.05) is 25.7 Å². The highest BCUT2D eigenvalue weighted by Crippen LogP contribution is 2.27. The van der Waals surface area contributed by atoms with Crippen LogP contribution >= 0.6 is 11.6 Å². The third-order valence-corrected chi connectivity index (χ3v) is 6.07. The van der Waals surface area contributed by atoms with Crippen LogP contribution in [0.5, 0.6) is 0 Å². The summed E-state index contributed by atoms with van der Waals surface area (Å²) in [7, 11) is -3.52. The van der Waals surface area contributed by atoms with E-state index in [1.807, 2.05) is 19.9 Å². The molecular weight excluding hydrogens is 308 g/mol. The van der Waals surface area contributed by atoms with E-state index in [9.17, 15) is 8.42 Å². The van der Waals surface area contributed by atoms with E-state index in [1.165, 1.54) is 17.1 Å². The minimum Gasteiger partial charge on any atom is -0.310 e. The van der Waals surface area contributed by atoms with Crippen LogP contribution in [0.1, 0.15) is 38.7 Å². The van der Waals surface area contributed by atoms with Gasteiger partial charge < -0.3 is 5.32 Å². The maximum atomic E-state index is 12.7. The zero-order chi connectivity index (χ0) is 15.5. The smallest absolute Gasteiger partial charge is 0.244 e. The summed E-state index contributed by atoms with van der Waals surface area (Å²) in [4.78, 5) is 0.217. The first-order valence-electron chi connectivity index (χ1n) is 7.51. The molecule has 0 radical (unpaired) electrons. The quantitative estimate of drug-likeness (QED) is 0.797. The lowest BCUT2D eigenvalue weighted by molar-refractivity contribution is 0.427. The Kier molecular flexibility index (Phi) is 5.66. The van der Waals surface area contributed by atoms with Crippen molar-refractivity contribution in [2.75, 3.05) is 13.1 Å². The van der Waals surface area contributed by atoms with E-state index in [0.717, 1.165) is 12.0 Å². The van der Waals surface area contributed by atoms with Crippen LogP contribution in [-0.4, -0.2) is 31.9 Å². The van der Waals surface area contributed by atoms with Gasteiger partial charge in [0.2, 0.25) is 10.0 Å². The van der Waals surface area contributed by atoms with Crippen LogP contribution in [0.25, 0.3) is 0 Å². The molecule has 1 aromatic carbocycles. The highest BCUT2D eigenvalue weighted by molar-refractivity contribution is 7.89. The summed E-state index contributed by atoms with van der Waals surface area (Å²) in [6.07, 6.45) is 3.20. The average molecular weight is 331 g/mol. The fourth-order valence-electron chi connectivity index (χ4n) is 2.24. The van der Waals surface area contributed by atoms with Crippen LogP contribution in [-0.2, 0) is 16.6 Å². The van der Waals surface area contributed by atoms with E-state index in [0.29, 0.717) is 30.7 Å². The predicted octanol–water partition coefficient (Wildman–Crippen LogP) is 3.01. The molecule has 0 bridgehead atoms. The van der Waals surface area contributed by atoms with Crippen LogP contribution < -0.4 is 5.32 Å². The van der Waals surface area contributed by atoms with Gasteiger partial charge in [-0.2, -0.15) is 4.31 Å². The Morgan fingerprint density at radius 1 is 1.33 bits per heavy atom. The number of benzene rings is 1. The van der Waals surface area contributed by atoms with E-state index in [4.69, 9.17) is 11.6 Å². The van der Waals surface area contributed by atoms with E-state index in [1.54, 1.807) is 12.1 Å². The average Bonchev–Trinajstić information content (AvgIpc) is 3.27. The molecule has 1 fully saturated rings. The summed E-state index contributed by atoms with van der Waals surface area (Å²) < 4.78 is 26.9. The maximum Gasteiger partial charge on any atom is 0.244 e. The number of halogens is 1. The first-order chi connectivity index (χ1) is 9.98. The second-order valence-electron chi connectivity index (χ2n) is 5.42. The molecule has 0 atom stereocenters. The third-order valence-electron chi connectivity index (χ3n) is 3.61. The Labute approximate surface area is 132 Å². The fourth-order valence-corrected chi connectivity index (χ4v) is 4.31. The van der Waals surface area contributed by atoms with Crippen LogP contribution in [0.15, 0.2) is 23.1 Å². The second kappa shape index (κ2) is 7.09. The van der Waals surface area contributed by atoms with Crippen molar-refractivity contribution in [2.24, 2.45) is 0 Å². The molecule has 0 amide bonds. The number of hydrogen-bond donors (Lipinski definition) is 1. The normalized spacial score (nSPS) is 15.6. The van der Waals surface area contributed by atoms with Crippen molar-refractivity contribution in [1.29, 1.82) is 0 Å². The van der Waals surface area contributed by atoms with Crippen molar-refractivity contribution in [1.82, 2.24) is 9.62 Å². The van der Waals surface area contributed by atoms with Gasteiger partial charge in [-0.05, 0) is 37.0 Å². The molecule has 1 N–H and O–H groups in total. The summed E-state index contributed by atoms with van der Waals surface area (Å²) in [5.41, 5.74) is 0.956. The molecule has 21 heavy (non-hydrogen) atoms. The van der Waals surface area contributed by atoms with Gasteiger partial charge in [0.1, 0.15) is 4.90 Å². The van der Waals surface area contributed by atoms with Gasteiger partial charge in [-0.15, -0.1) is 0 Å². The molecule has 1 aromatic rings.